The van der Waals surface area contributed by atoms with Gasteiger partial charge >= 0.3 is 0 Å². The Kier molecular flexibility index (Phi) is 3.63. The Hall–Kier alpha value is -1.15. The smallest absolute Gasteiger partial charge is 0.177 e. The Bertz CT molecular complexity index is 425. The molecule has 0 aliphatic carbocycles. The van der Waals surface area contributed by atoms with Gasteiger partial charge in [0.25, 0.3) is 0 Å². The first-order valence-electron chi connectivity index (χ1n) is 6.42. The molecule has 0 aromatic heterocycles. The number of likely N-dealkylation sites (tertiary alicyclic amines) is 1. The van der Waals surface area contributed by atoms with Crippen LogP contribution in [0.5, 0.6) is 0 Å². The topological polar surface area (TPSA) is 20.3 Å². The Morgan fingerprint density at radius 2 is 2.18 bits per heavy atom. The molecule has 1 heterocycles. The van der Waals surface area contributed by atoms with Gasteiger partial charge in [0, 0.05) is 11.6 Å². The van der Waals surface area contributed by atoms with Crippen LogP contribution in [0.1, 0.15) is 41.3 Å². The summed E-state index contributed by atoms with van der Waals surface area (Å²) in [5.74, 6) is 0.260. The highest BCUT2D eigenvalue weighted by Crippen LogP contribution is 2.18. The van der Waals surface area contributed by atoms with Crippen molar-refractivity contribution in [3.63, 3.8) is 0 Å². The summed E-state index contributed by atoms with van der Waals surface area (Å²) in [6.07, 6.45) is 2.45. The normalized spacial score (nSPS) is 20.8. The van der Waals surface area contributed by atoms with E-state index in [1.165, 1.54) is 18.4 Å². The second kappa shape index (κ2) is 5.01. The first-order valence-corrected chi connectivity index (χ1v) is 6.42. The zero-order chi connectivity index (χ0) is 12.4. The standard InChI is InChI=1S/C15H21NO/c1-11-6-7-14(12(2)9-11)15(17)10-16-8-4-5-13(16)3/h6-7,9,13H,4-5,8,10H2,1-3H3. The fourth-order valence-corrected chi connectivity index (χ4v) is 2.62. The van der Waals surface area contributed by atoms with E-state index in [1.807, 2.05) is 19.1 Å². The first kappa shape index (κ1) is 12.3. The Balaban J connectivity index is 2.09. The Morgan fingerprint density at radius 1 is 1.41 bits per heavy atom. The number of carbonyl (C=O) groups excluding carboxylic acids is 1. The first-order chi connectivity index (χ1) is 8.08. The van der Waals surface area contributed by atoms with Gasteiger partial charge in [-0.15, -0.1) is 0 Å². The van der Waals surface area contributed by atoms with Gasteiger partial charge in [-0.2, -0.15) is 0 Å². The summed E-state index contributed by atoms with van der Waals surface area (Å²) < 4.78 is 0. The van der Waals surface area contributed by atoms with Gasteiger partial charge < -0.3 is 0 Å². The molecule has 1 fully saturated rings. The van der Waals surface area contributed by atoms with E-state index < -0.39 is 0 Å². The predicted octanol–water partition coefficient (Wildman–Crippen LogP) is 2.97. The third-order valence-electron chi connectivity index (χ3n) is 3.72. The van der Waals surface area contributed by atoms with Crippen LogP contribution in [0.15, 0.2) is 18.2 Å². The number of aryl methyl sites for hydroxylation is 2. The van der Waals surface area contributed by atoms with Gasteiger partial charge in [0.1, 0.15) is 0 Å². The van der Waals surface area contributed by atoms with Crippen LogP contribution < -0.4 is 0 Å². The summed E-state index contributed by atoms with van der Waals surface area (Å²) in [5.41, 5.74) is 3.20. The molecule has 1 aromatic rings. The van der Waals surface area contributed by atoms with Gasteiger partial charge in [-0.3, -0.25) is 9.69 Å². The van der Waals surface area contributed by atoms with Crippen molar-refractivity contribution in [1.29, 1.82) is 0 Å². The Labute approximate surface area is 104 Å². The van der Waals surface area contributed by atoms with Gasteiger partial charge in [0.2, 0.25) is 0 Å². The van der Waals surface area contributed by atoms with E-state index in [2.05, 4.69) is 24.8 Å². The summed E-state index contributed by atoms with van der Waals surface area (Å²) in [4.78, 5) is 14.5. The van der Waals surface area contributed by atoms with Crippen molar-refractivity contribution in [2.45, 2.75) is 39.7 Å². The molecule has 0 radical (unpaired) electrons. The largest absolute Gasteiger partial charge is 0.293 e. The molecule has 1 saturated heterocycles. The molecule has 0 N–H and O–H groups in total. The third kappa shape index (κ3) is 2.75. The number of ketones is 1. The molecule has 17 heavy (non-hydrogen) atoms. The summed E-state index contributed by atoms with van der Waals surface area (Å²) in [6, 6.07) is 6.63. The van der Waals surface area contributed by atoms with E-state index in [-0.39, 0.29) is 5.78 Å². The van der Waals surface area contributed by atoms with Gasteiger partial charge in [0.15, 0.2) is 5.78 Å². The van der Waals surface area contributed by atoms with E-state index in [4.69, 9.17) is 0 Å². The molecular formula is C15H21NO. The van der Waals surface area contributed by atoms with Crippen LogP contribution in [-0.4, -0.2) is 29.8 Å². The highest BCUT2D eigenvalue weighted by atomic mass is 16.1. The minimum atomic E-state index is 0.260. The molecule has 1 aromatic carbocycles. The molecule has 2 nitrogen and oxygen atoms in total. The molecule has 1 aliphatic rings. The molecule has 0 amide bonds. The van der Waals surface area contributed by atoms with Crippen molar-refractivity contribution in [3.05, 3.63) is 34.9 Å². The number of Topliss-reactive ketones (excluding diaryl/α,β-unsaturated/α-hetero) is 1. The SMILES string of the molecule is Cc1ccc(C(=O)CN2CCCC2C)c(C)c1. The lowest BCUT2D eigenvalue weighted by molar-refractivity contribution is 0.0925. The lowest BCUT2D eigenvalue weighted by atomic mass is 10.0. The summed E-state index contributed by atoms with van der Waals surface area (Å²) >= 11 is 0. The lowest BCUT2D eigenvalue weighted by Gasteiger charge is -2.20. The van der Waals surface area contributed by atoms with Gasteiger partial charge in [0.05, 0.1) is 6.54 Å². The fourth-order valence-electron chi connectivity index (χ4n) is 2.62. The molecular weight excluding hydrogens is 210 g/mol. The van der Waals surface area contributed by atoms with Gasteiger partial charge in [-0.05, 0) is 45.7 Å². The number of rotatable bonds is 3. The van der Waals surface area contributed by atoms with Gasteiger partial charge in [-0.1, -0.05) is 23.8 Å². The second-order valence-electron chi connectivity index (χ2n) is 5.20. The van der Waals surface area contributed by atoms with Crippen molar-refractivity contribution in [2.75, 3.05) is 13.1 Å². The van der Waals surface area contributed by atoms with E-state index in [0.717, 1.165) is 17.7 Å². The highest BCUT2D eigenvalue weighted by molar-refractivity contribution is 5.99. The van der Waals surface area contributed by atoms with Crippen LogP contribution in [0.2, 0.25) is 0 Å². The minimum Gasteiger partial charge on any atom is -0.293 e. The van der Waals surface area contributed by atoms with Crippen LogP contribution >= 0.6 is 0 Å². The number of carbonyl (C=O) groups is 1. The van der Waals surface area contributed by atoms with Crippen molar-refractivity contribution < 1.29 is 4.79 Å². The van der Waals surface area contributed by atoms with E-state index in [0.29, 0.717) is 12.6 Å². The second-order valence-corrected chi connectivity index (χ2v) is 5.20. The summed E-state index contributed by atoms with van der Waals surface area (Å²) in [7, 11) is 0. The average molecular weight is 231 g/mol. The summed E-state index contributed by atoms with van der Waals surface area (Å²) in [5, 5.41) is 0. The third-order valence-corrected chi connectivity index (χ3v) is 3.72. The fraction of sp³-hybridized carbons (Fsp3) is 0.533. The van der Waals surface area contributed by atoms with Crippen molar-refractivity contribution in [3.8, 4) is 0 Å². The highest BCUT2D eigenvalue weighted by Gasteiger charge is 2.23. The van der Waals surface area contributed by atoms with Crippen LogP contribution in [0.3, 0.4) is 0 Å². The average Bonchev–Trinajstić information content (AvgIpc) is 2.64. The maximum absolute atomic E-state index is 12.2. The Morgan fingerprint density at radius 3 is 2.76 bits per heavy atom. The predicted molar refractivity (Wildman–Crippen MR) is 70.5 cm³/mol. The maximum atomic E-state index is 12.2. The molecule has 0 saturated carbocycles. The lowest BCUT2D eigenvalue weighted by Crippen LogP contribution is -2.32. The van der Waals surface area contributed by atoms with Crippen LogP contribution in [0, 0.1) is 13.8 Å². The molecule has 0 bridgehead atoms. The quantitative estimate of drug-likeness (QED) is 0.745. The van der Waals surface area contributed by atoms with Crippen molar-refractivity contribution >= 4 is 5.78 Å². The van der Waals surface area contributed by atoms with Crippen LogP contribution in [0.4, 0.5) is 0 Å². The van der Waals surface area contributed by atoms with Crippen molar-refractivity contribution in [1.82, 2.24) is 4.90 Å². The minimum absolute atomic E-state index is 0.260. The zero-order valence-electron chi connectivity index (χ0n) is 11.0. The molecule has 2 heteroatoms. The molecule has 0 spiro atoms. The number of hydrogen-bond donors (Lipinski definition) is 0. The van der Waals surface area contributed by atoms with E-state index >= 15 is 0 Å². The number of nitrogens with zero attached hydrogens (tertiary/aromatic N) is 1. The summed E-state index contributed by atoms with van der Waals surface area (Å²) in [6.45, 7) is 7.93. The van der Waals surface area contributed by atoms with Gasteiger partial charge in [-0.25, -0.2) is 0 Å². The number of benzene rings is 1. The molecule has 1 unspecified atom stereocenters. The van der Waals surface area contributed by atoms with E-state index in [1.54, 1.807) is 0 Å². The van der Waals surface area contributed by atoms with Crippen molar-refractivity contribution in [2.24, 2.45) is 0 Å². The monoisotopic (exact) mass is 231 g/mol. The molecule has 2 rings (SSSR count). The van der Waals surface area contributed by atoms with Crippen LogP contribution in [0.25, 0.3) is 0 Å². The number of hydrogen-bond acceptors (Lipinski definition) is 2. The maximum Gasteiger partial charge on any atom is 0.177 e. The molecule has 1 atom stereocenters. The molecule has 92 valence electrons. The van der Waals surface area contributed by atoms with Crippen LogP contribution in [-0.2, 0) is 0 Å². The zero-order valence-corrected chi connectivity index (χ0v) is 11.0. The molecule has 1 aliphatic heterocycles. The van der Waals surface area contributed by atoms with E-state index in [9.17, 15) is 4.79 Å².